The second kappa shape index (κ2) is 5.45. The summed E-state index contributed by atoms with van der Waals surface area (Å²) < 4.78 is 33.0. The molecule has 0 aliphatic heterocycles. The second-order valence-corrected chi connectivity index (χ2v) is 4.66. The van der Waals surface area contributed by atoms with Crippen LogP contribution in [0.4, 0.5) is 8.78 Å². The summed E-state index contributed by atoms with van der Waals surface area (Å²) in [6.45, 7) is 3.47. The van der Waals surface area contributed by atoms with E-state index in [1.165, 1.54) is 0 Å². The molecule has 1 aromatic carbocycles. The number of benzene rings is 1. The highest BCUT2D eigenvalue weighted by molar-refractivity contribution is 5.98. The van der Waals surface area contributed by atoms with E-state index in [1.807, 2.05) is 25.5 Å². The first kappa shape index (κ1) is 14.2. The molecule has 0 saturated heterocycles. The van der Waals surface area contributed by atoms with Crippen molar-refractivity contribution in [2.24, 2.45) is 7.05 Å². The van der Waals surface area contributed by atoms with Crippen LogP contribution < -0.4 is 4.74 Å². The van der Waals surface area contributed by atoms with E-state index in [0.717, 1.165) is 29.6 Å². The van der Waals surface area contributed by atoms with Crippen molar-refractivity contribution >= 4 is 5.78 Å². The van der Waals surface area contributed by atoms with Crippen LogP contribution in [0.15, 0.2) is 24.3 Å². The molecule has 0 unspecified atom stereocenters. The first-order chi connectivity index (χ1) is 9.38. The molecule has 0 saturated carbocycles. The molecular formula is C15H15F2NO2. The van der Waals surface area contributed by atoms with E-state index in [-0.39, 0.29) is 18.1 Å². The molecular weight excluding hydrogens is 264 g/mol. The fourth-order valence-electron chi connectivity index (χ4n) is 1.98. The topological polar surface area (TPSA) is 31.2 Å². The van der Waals surface area contributed by atoms with Crippen LogP contribution in [0.1, 0.15) is 21.7 Å². The minimum absolute atomic E-state index is 0.00107. The second-order valence-electron chi connectivity index (χ2n) is 4.66. The number of carbonyl (C=O) groups excluding carboxylic acids is 1. The first-order valence-corrected chi connectivity index (χ1v) is 6.13. The zero-order chi connectivity index (χ0) is 14.9. The van der Waals surface area contributed by atoms with Gasteiger partial charge in [-0.1, -0.05) is 0 Å². The zero-order valence-electron chi connectivity index (χ0n) is 11.5. The fraction of sp³-hybridized carbons (Fsp3) is 0.267. The van der Waals surface area contributed by atoms with Crippen LogP contribution >= 0.6 is 0 Å². The maximum absolute atomic E-state index is 13.0. The van der Waals surface area contributed by atoms with E-state index in [2.05, 4.69) is 0 Å². The number of nitrogens with zero attached hydrogens (tertiary/aromatic N) is 1. The van der Waals surface area contributed by atoms with E-state index in [1.54, 1.807) is 6.07 Å². The number of ether oxygens (including phenoxy) is 1. The normalized spacial score (nSPS) is 10.7. The number of aryl methyl sites for hydroxylation is 1. The Morgan fingerprint density at radius 2 is 1.75 bits per heavy atom. The highest BCUT2D eigenvalue weighted by Crippen LogP contribution is 2.17. The van der Waals surface area contributed by atoms with Crippen LogP contribution in [0, 0.1) is 25.5 Å². The van der Waals surface area contributed by atoms with Crippen LogP contribution in [-0.4, -0.2) is 17.0 Å². The van der Waals surface area contributed by atoms with E-state index in [0.29, 0.717) is 5.56 Å². The van der Waals surface area contributed by atoms with Gasteiger partial charge in [0.05, 0.1) is 0 Å². The zero-order valence-corrected chi connectivity index (χ0v) is 11.5. The van der Waals surface area contributed by atoms with Gasteiger partial charge in [-0.05, 0) is 19.9 Å². The molecule has 20 heavy (non-hydrogen) atoms. The van der Waals surface area contributed by atoms with Crippen LogP contribution in [0.3, 0.4) is 0 Å². The number of rotatable bonds is 4. The van der Waals surface area contributed by atoms with Gasteiger partial charge in [0.1, 0.15) is 17.4 Å². The van der Waals surface area contributed by atoms with Gasteiger partial charge in [0, 0.05) is 42.2 Å². The maximum Gasteiger partial charge on any atom is 0.202 e. The Morgan fingerprint density at radius 1 is 1.15 bits per heavy atom. The minimum atomic E-state index is -0.737. The van der Waals surface area contributed by atoms with Gasteiger partial charge < -0.3 is 9.30 Å². The van der Waals surface area contributed by atoms with Gasteiger partial charge in [-0.15, -0.1) is 0 Å². The van der Waals surface area contributed by atoms with Crippen molar-refractivity contribution in [3.63, 3.8) is 0 Å². The third kappa shape index (κ3) is 2.87. The molecule has 0 aliphatic carbocycles. The molecule has 0 atom stereocenters. The van der Waals surface area contributed by atoms with Gasteiger partial charge in [0.15, 0.2) is 6.61 Å². The molecule has 2 aromatic rings. The monoisotopic (exact) mass is 279 g/mol. The fourth-order valence-corrected chi connectivity index (χ4v) is 1.98. The largest absolute Gasteiger partial charge is 0.485 e. The van der Waals surface area contributed by atoms with E-state index < -0.39 is 11.6 Å². The summed E-state index contributed by atoms with van der Waals surface area (Å²) in [6, 6.07) is 4.60. The molecule has 0 aliphatic rings. The molecule has 0 spiro atoms. The van der Waals surface area contributed by atoms with Crippen LogP contribution in [0.2, 0.25) is 0 Å². The average Bonchev–Trinajstić information content (AvgIpc) is 2.63. The molecule has 0 fully saturated rings. The molecule has 0 amide bonds. The standard InChI is InChI=1S/C15H15F2NO2/c1-9-4-14(10(2)18(9)3)15(19)8-20-13-6-11(16)5-12(17)7-13/h4-7H,8H2,1-3H3. The lowest BCUT2D eigenvalue weighted by atomic mass is 10.1. The number of halogens is 2. The third-order valence-electron chi connectivity index (χ3n) is 3.28. The van der Waals surface area contributed by atoms with Crippen LogP contribution in [0.5, 0.6) is 5.75 Å². The summed E-state index contributed by atoms with van der Waals surface area (Å²) in [6.07, 6.45) is 0. The molecule has 0 radical (unpaired) electrons. The van der Waals surface area contributed by atoms with E-state index >= 15 is 0 Å². The molecule has 2 rings (SSSR count). The maximum atomic E-state index is 13.0. The number of hydrogen-bond donors (Lipinski definition) is 0. The highest BCUT2D eigenvalue weighted by atomic mass is 19.1. The molecule has 106 valence electrons. The quantitative estimate of drug-likeness (QED) is 0.805. The van der Waals surface area contributed by atoms with Gasteiger partial charge >= 0.3 is 0 Å². The van der Waals surface area contributed by atoms with Crippen molar-refractivity contribution < 1.29 is 18.3 Å². The smallest absolute Gasteiger partial charge is 0.202 e. The van der Waals surface area contributed by atoms with Crippen molar-refractivity contribution in [3.8, 4) is 5.75 Å². The van der Waals surface area contributed by atoms with Gasteiger partial charge in [0.2, 0.25) is 5.78 Å². The summed E-state index contributed by atoms with van der Waals surface area (Å²) in [7, 11) is 1.87. The molecule has 0 bridgehead atoms. The minimum Gasteiger partial charge on any atom is -0.485 e. The average molecular weight is 279 g/mol. The summed E-state index contributed by atoms with van der Waals surface area (Å²) in [5, 5.41) is 0. The lowest BCUT2D eigenvalue weighted by Gasteiger charge is -2.06. The number of Topliss-reactive ketones (excluding diaryl/α,β-unsaturated/α-hetero) is 1. The van der Waals surface area contributed by atoms with E-state index in [4.69, 9.17) is 4.74 Å². The highest BCUT2D eigenvalue weighted by Gasteiger charge is 2.14. The molecule has 3 nitrogen and oxygen atoms in total. The Balaban J connectivity index is 2.10. The van der Waals surface area contributed by atoms with Crippen molar-refractivity contribution in [1.29, 1.82) is 0 Å². The third-order valence-corrected chi connectivity index (χ3v) is 3.28. The Kier molecular flexibility index (Phi) is 3.88. The number of carbonyl (C=O) groups is 1. The summed E-state index contributed by atoms with van der Waals surface area (Å²) in [4.78, 5) is 12.0. The van der Waals surface area contributed by atoms with Crippen LogP contribution in [-0.2, 0) is 7.05 Å². The van der Waals surface area contributed by atoms with Crippen molar-refractivity contribution in [1.82, 2.24) is 4.57 Å². The van der Waals surface area contributed by atoms with Gasteiger partial charge in [0.25, 0.3) is 0 Å². The van der Waals surface area contributed by atoms with Gasteiger partial charge in [-0.2, -0.15) is 0 Å². The van der Waals surface area contributed by atoms with Crippen molar-refractivity contribution in [3.05, 3.63) is 52.9 Å². The SMILES string of the molecule is Cc1cc(C(=O)COc2cc(F)cc(F)c2)c(C)n1C. The first-order valence-electron chi connectivity index (χ1n) is 6.13. The Hall–Kier alpha value is -2.17. The number of aromatic nitrogens is 1. The van der Waals surface area contributed by atoms with Crippen molar-refractivity contribution in [2.45, 2.75) is 13.8 Å². The van der Waals surface area contributed by atoms with Gasteiger partial charge in [-0.3, -0.25) is 4.79 Å². The molecule has 0 N–H and O–H groups in total. The Bertz CT molecular complexity index is 642. The number of hydrogen-bond acceptors (Lipinski definition) is 2. The molecule has 1 aromatic heterocycles. The predicted molar refractivity (Wildman–Crippen MR) is 71.1 cm³/mol. The summed E-state index contributed by atoms with van der Waals surface area (Å²) in [5.41, 5.74) is 2.35. The Labute approximate surface area is 115 Å². The number of ketones is 1. The van der Waals surface area contributed by atoms with Gasteiger partial charge in [-0.25, -0.2) is 8.78 Å². The van der Waals surface area contributed by atoms with E-state index in [9.17, 15) is 13.6 Å². The summed E-state index contributed by atoms with van der Waals surface area (Å²) >= 11 is 0. The summed E-state index contributed by atoms with van der Waals surface area (Å²) in [5.74, 6) is -1.70. The Morgan fingerprint density at radius 3 is 2.25 bits per heavy atom. The lowest BCUT2D eigenvalue weighted by molar-refractivity contribution is 0.0920. The molecule has 5 heteroatoms. The van der Waals surface area contributed by atoms with Crippen molar-refractivity contribution in [2.75, 3.05) is 6.61 Å². The predicted octanol–water partition coefficient (Wildman–Crippen LogP) is 3.18. The van der Waals surface area contributed by atoms with Crippen LogP contribution in [0.25, 0.3) is 0 Å². The molecule has 1 heterocycles. The lowest BCUT2D eigenvalue weighted by Crippen LogP contribution is -2.12.